The van der Waals surface area contributed by atoms with Crippen LogP contribution in [0.1, 0.15) is 10.8 Å². The molecule has 2 aromatic heterocycles. The summed E-state index contributed by atoms with van der Waals surface area (Å²) in [6.45, 7) is 0.444. The number of nitrogens with zero attached hydrogens (tertiary/aromatic N) is 3. The normalized spacial score (nSPS) is 11.7. The molecule has 92 valence electrons. The monoisotopic (exact) mass is 263 g/mol. The maximum Gasteiger partial charge on any atom is 0.445 e. The molecule has 0 bridgehead atoms. The van der Waals surface area contributed by atoms with Crippen molar-refractivity contribution in [2.24, 2.45) is 0 Å². The second-order valence-electron chi connectivity index (χ2n) is 3.12. The minimum Gasteiger partial charge on any atom is -0.360 e. The number of hydrogen-bond donors (Lipinski definition) is 2. The SMILES string of the molecule is FC(F)(F)c1nnc(NCCc2ncc[nH]2)s1. The molecule has 0 atom stereocenters. The molecule has 0 aliphatic rings. The molecule has 0 aliphatic carbocycles. The van der Waals surface area contributed by atoms with Gasteiger partial charge in [-0.15, -0.1) is 10.2 Å². The van der Waals surface area contributed by atoms with E-state index in [1.54, 1.807) is 12.4 Å². The van der Waals surface area contributed by atoms with Crippen molar-refractivity contribution in [1.29, 1.82) is 0 Å². The second-order valence-corrected chi connectivity index (χ2v) is 4.10. The molecule has 2 N–H and O–H groups in total. The summed E-state index contributed by atoms with van der Waals surface area (Å²) < 4.78 is 36.6. The van der Waals surface area contributed by atoms with Gasteiger partial charge in [0.05, 0.1) is 0 Å². The van der Waals surface area contributed by atoms with Crippen LogP contribution in [0.2, 0.25) is 0 Å². The van der Waals surface area contributed by atoms with E-state index in [-0.39, 0.29) is 5.13 Å². The van der Waals surface area contributed by atoms with Gasteiger partial charge in [0.2, 0.25) is 10.1 Å². The molecule has 0 radical (unpaired) electrons. The number of aromatic nitrogens is 4. The van der Waals surface area contributed by atoms with Crippen LogP contribution >= 0.6 is 11.3 Å². The van der Waals surface area contributed by atoms with Crippen LogP contribution in [0.3, 0.4) is 0 Å². The molecule has 9 heteroatoms. The van der Waals surface area contributed by atoms with Gasteiger partial charge in [-0.25, -0.2) is 4.98 Å². The average Bonchev–Trinajstić information content (AvgIpc) is 2.86. The minimum atomic E-state index is -4.43. The fourth-order valence-electron chi connectivity index (χ4n) is 1.13. The summed E-state index contributed by atoms with van der Waals surface area (Å²) in [6, 6.07) is 0. The van der Waals surface area contributed by atoms with Crippen molar-refractivity contribution in [2.75, 3.05) is 11.9 Å². The average molecular weight is 263 g/mol. The molecule has 0 fully saturated rings. The summed E-state index contributed by atoms with van der Waals surface area (Å²) in [6.07, 6.45) is -0.559. The minimum absolute atomic E-state index is 0.156. The molecule has 2 aromatic rings. The highest BCUT2D eigenvalue weighted by Gasteiger charge is 2.35. The number of hydrogen-bond acceptors (Lipinski definition) is 5. The summed E-state index contributed by atoms with van der Waals surface area (Å²) >= 11 is 0.488. The topological polar surface area (TPSA) is 66.5 Å². The van der Waals surface area contributed by atoms with Crippen molar-refractivity contribution < 1.29 is 13.2 Å². The zero-order valence-electron chi connectivity index (χ0n) is 8.45. The highest BCUT2D eigenvalue weighted by Crippen LogP contribution is 2.32. The summed E-state index contributed by atoms with van der Waals surface area (Å²) in [5, 5.41) is 8.44. The van der Waals surface area contributed by atoms with E-state index in [1.807, 2.05) is 0 Å². The van der Waals surface area contributed by atoms with Gasteiger partial charge < -0.3 is 10.3 Å². The first-order chi connectivity index (χ1) is 8.05. The third-order valence-electron chi connectivity index (χ3n) is 1.86. The van der Waals surface area contributed by atoms with Crippen molar-refractivity contribution in [2.45, 2.75) is 12.6 Å². The van der Waals surface area contributed by atoms with Gasteiger partial charge in [-0.1, -0.05) is 11.3 Å². The molecule has 0 aliphatic heterocycles. The Morgan fingerprint density at radius 3 is 2.76 bits per heavy atom. The van der Waals surface area contributed by atoms with Crippen LogP contribution in [0.15, 0.2) is 12.4 Å². The van der Waals surface area contributed by atoms with E-state index in [9.17, 15) is 13.2 Å². The van der Waals surface area contributed by atoms with Gasteiger partial charge in [-0.05, 0) is 0 Å². The van der Waals surface area contributed by atoms with Crippen molar-refractivity contribution in [1.82, 2.24) is 20.2 Å². The summed E-state index contributed by atoms with van der Waals surface area (Å²) in [7, 11) is 0. The molecule has 17 heavy (non-hydrogen) atoms. The molecule has 0 aromatic carbocycles. The van der Waals surface area contributed by atoms with E-state index >= 15 is 0 Å². The lowest BCUT2D eigenvalue weighted by Crippen LogP contribution is -2.05. The summed E-state index contributed by atoms with van der Waals surface area (Å²) in [4.78, 5) is 6.87. The Bertz CT molecular complexity index is 464. The number of halogens is 3. The Morgan fingerprint density at radius 1 is 1.35 bits per heavy atom. The fraction of sp³-hybridized carbons (Fsp3) is 0.375. The molecule has 0 unspecified atom stereocenters. The van der Waals surface area contributed by atoms with Crippen LogP contribution in [0, 0.1) is 0 Å². The number of nitrogens with one attached hydrogen (secondary N) is 2. The number of H-pyrrole nitrogens is 1. The molecule has 2 rings (SSSR count). The fourth-order valence-corrected chi connectivity index (χ4v) is 1.77. The molecule has 0 saturated carbocycles. The van der Waals surface area contributed by atoms with Crippen LogP contribution in [0.25, 0.3) is 0 Å². The number of imidazole rings is 1. The van der Waals surface area contributed by atoms with Crippen LogP contribution < -0.4 is 5.32 Å². The van der Waals surface area contributed by atoms with Gasteiger partial charge in [0.1, 0.15) is 5.82 Å². The van der Waals surface area contributed by atoms with E-state index in [0.717, 1.165) is 5.82 Å². The molecule has 0 saturated heterocycles. The zero-order chi connectivity index (χ0) is 12.3. The van der Waals surface area contributed by atoms with Crippen molar-refractivity contribution in [3.63, 3.8) is 0 Å². The Kier molecular flexibility index (Phi) is 3.27. The quantitative estimate of drug-likeness (QED) is 0.884. The van der Waals surface area contributed by atoms with Crippen LogP contribution in [-0.2, 0) is 12.6 Å². The Morgan fingerprint density at radius 2 is 2.18 bits per heavy atom. The molecular weight excluding hydrogens is 255 g/mol. The van der Waals surface area contributed by atoms with Crippen LogP contribution in [0.4, 0.5) is 18.3 Å². The van der Waals surface area contributed by atoms with Crippen LogP contribution in [-0.4, -0.2) is 26.7 Å². The number of anilines is 1. The first kappa shape index (κ1) is 11.8. The zero-order valence-corrected chi connectivity index (χ0v) is 9.27. The number of aromatic amines is 1. The van der Waals surface area contributed by atoms with E-state index in [0.29, 0.717) is 24.3 Å². The highest BCUT2D eigenvalue weighted by molar-refractivity contribution is 7.15. The van der Waals surface area contributed by atoms with Gasteiger partial charge in [-0.3, -0.25) is 0 Å². The predicted octanol–water partition coefficient (Wildman–Crippen LogP) is 1.93. The van der Waals surface area contributed by atoms with Gasteiger partial charge in [0, 0.05) is 25.4 Å². The third kappa shape index (κ3) is 3.16. The lowest BCUT2D eigenvalue weighted by molar-refractivity contribution is -0.138. The Labute approximate surface area is 98.1 Å². The maximum atomic E-state index is 12.2. The molecule has 0 spiro atoms. The summed E-state index contributed by atoms with van der Waals surface area (Å²) in [5.41, 5.74) is 0. The highest BCUT2D eigenvalue weighted by atomic mass is 32.1. The summed E-state index contributed by atoms with van der Waals surface area (Å²) in [5.74, 6) is 0.762. The maximum absolute atomic E-state index is 12.2. The lowest BCUT2D eigenvalue weighted by atomic mass is 10.4. The van der Waals surface area contributed by atoms with Gasteiger partial charge in [0.15, 0.2) is 0 Å². The second kappa shape index (κ2) is 4.70. The van der Waals surface area contributed by atoms with Gasteiger partial charge in [0.25, 0.3) is 0 Å². The Balaban J connectivity index is 1.85. The standard InChI is InChI=1S/C8H8F3N5S/c9-8(10,11)6-15-16-7(17-6)14-2-1-5-12-3-4-13-5/h3-4H,1-2H2,(H,12,13)(H,14,16). The van der Waals surface area contributed by atoms with E-state index in [2.05, 4.69) is 25.5 Å². The van der Waals surface area contributed by atoms with Crippen molar-refractivity contribution in [3.8, 4) is 0 Å². The van der Waals surface area contributed by atoms with Crippen LogP contribution in [0.5, 0.6) is 0 Å². The van der Waals surface area contributed by atoms with E-state index < -0.39 is 11.2 Å². The van der Waals surface area contributed by atoms with E-state index in [1.165, 1.54) is 0 Å². The van der Waals surface area contributed by atoms with Crippen molar-refractivity contribution in [3.05, 3.63) is 23.2 Å². The number of rotatable bonds is 4. The smallest absolute Gasteiger partial charge is 0.360 e. The first-order valence-corrected chi connectivity index (χ1v) is 5.50. The van der Waals surface area contributed by atoms with Gasteiger partial charge in [-0.2, -0.15) is 13.2 Å². The largest absolute Gasteiger partial charge is 0.445 e. The molecule has 2 heterocycles. The molecular formula is C8H8F3N5S. The lowest BCUT2D eigenvalue weighted by Gasteiger charge is -1.99. The number of alkyl halides is 3. The first-order valence-electron chi connectivity index (χ1n) is 4.68. The molecule has 5 nitrogen and oxygen atoms in total. The molecule has 0 amide bonds. The van der Waals surface area contributed by atoms with Gasteiger partial charge >= 0.3 is 6.18 Å². The Hall–Kier alpha value is -1.64. The van der Waals surface area contributed by atoms with Crippen molar-refractivity contribution >= 4 is 16.5 Å². The predicted molar refractivity (Wildman–Crippen MR) is 55.7 cm³/mol. The third-order valence-corrected chi connectivity index (χ3v) is 2.79. The van der Waals surface area contributed by atoms with E-state index in [4.69, 9.17) is 0 Å².